The molecule has 2 N–H and O–H groups in total. The summed E-state index contributed by atoms with van der Waals surface area (Å²) in [7, 11) is -2.40. The second kappa shape index (κ2) is 2.45. The Bertz CT molecular complexity index is 234. The number of hydrogen-bond donors (Lipinski definition) is 2. The van der Waals surface area contributed by atoms with Crippen molar-refractivity contribution in [1.82, 2.24) is 5.32 Å². The van der Waals surface area contributed by atoms with E-state index in [1.165, 1.54) is 0 Å². The van der Waals surface area contributed by atoms with Crippen molar-refractivity contribution >= 4 is 9.73 Å². The monoisotopic (exact) mass is 176 g/mol. The standard InChI is InChI=1S/C7H16N2OS/c1-7(2,3)11(8,10)6-4-9-5-6/h6,8-9H,4-5H2,1-3H3. The van der Waals surface area contributed by atoms with Crippen molar-refractivity contribution in [2.45, 2.75) is 30.8 Å². The Morgan fingerprint density at radius 1 is 1.45 bits per heavy atom. The van der Waals surface area contributed by atoms with E-state index < -0.39 is 9.73 Å². The minimum Gasteiger partial charge on any atom is -0.314 e. The first-order chi connectivity index (χ1) is 4.86. The molecule has 0 spiro atoms. The van der Waals surface area contributed by atoms with Crippen molar-refractivity contribution in [2.24, 2.45) is 0 Å². The topological polar surface area (TPSA) is 53.0 Å². The summed E-state index contributed by atoms with van der Waals surface area (Å²) in [6.07, 6.45) is 0. The van der Waals surface area contributed by atoms with Gasteiger partial charge in [-0.15, -0.1) is 0 Å². The van der Waals surface area contributed by atoms with E-state index in [9.17, 15) is 4.21 Å². The van der Waals surface area contributed by atoms with E-state index >= 15 is 0 Å². The summed E-state index contributed by atoms with van der Waals surface area (Å²) in [4.78, 5) is 0. The Balaban J connectivity index is 2.82. The van der Waals surface area contributed by atoms with Crippen molar-refractivity contribution in [3.63, 3.8) is 0 Å². The first-order valence-corrected chi connectivity index (χ1v) is 5.46. The van der Waals surface area contributed by atoms with Crippen LogP contribution in [0.4, 0.5) is 0 Å². The predicted octanol–water partition coefficient (Wildman–Crippen LogP) is 0.803. The lowest BCUT2D eigenvalue weighted by Gasteiger charge is -2.35. The van der Waals surface area contributed by atoms with E-state index in [-0.39, 0.29) is 10.00 Å². The van der Waals surface area contributed by atoms with Crippen LogP contribution in [0.3, 0.4) is 0 Å². The molecule has 0 aromatic rings. The number of hydrogen-bond acceptors (Lipinski definition) is 3. The highest BCUT2D eigenvalue weighted by Gasteiger charge is 2.36. The van der Waals surface area contributed by atoms with Crippen LogP contribution >= 0.6 is 0 Å². The molecular weight excluding hydrogens is 160 g/mol. The van der Waals surface area contributed by atoms with E-state index in [1.807, 2.05) is 20.8 Å². The first-order valence-electron chi connectivity index (χ1n) is 3.83. The van der Waals surface area contributed by atoms with Crippen LogP contribution in [0.2, 0.25) is 0 Å². The number of rotatable bonds is 1. The first kappa shape index (κ1) is 9.00. The second-order valence-electron chi connectivity index (χ2n) is 3.99. The van der Waals surface area contributed by atoms with E-state index in [1.54, 1.807) is 0 Å². The van der Waals surface area contributed by atoms with Crippen molar-refractivity contribution in [3.8, 4) is 0 Å². The van der Waals surface area contributed by atoms with Gasteiger partial charge in [-0.2, -0.15) is 0 Å². The van der Waals surface area contributed by atoms with Crippen LogP contribution in [-0.2, 0) is 9.73 Å². The SMILES string of the molecule is CC(C)(C)S(=N)(=O)C1CNC1. The molecule has 1 atom stereocenters. The average molecular weight is 176 g/mol. The fourth-order valence-electron chi connectivity index (χ4n) is 0.997. The van der Waals surface area contributed by atoms with Crippen LogP contribution in [0.25, 0.3) is 0 Å². The van der Waals surface area contributed by atoms with Crippen LogP contribution < -0.4 is 5.32 Å². The summed E-state index contributed by atoms with van der Waals surface area (Å²) in [5, 5.41) is 3.11. The molecule has 1 fully saturated rings. The molecule has 0 bridgehead atoms. The molecule has 1 aliphatic heterocycles. The van der Waals surface area contributed by atoms with Gasteiger partial charge in [0, 0.05) is 17.8 Å². The van der Waals surface area contributed by atoms with Gasteiger partial charge in [0.25, 0.3) is 0 Å². The fourth-order valence-corrected chi connectivity index (χ4v) is 2.70. The molecule has 1 heterocycles. The Hall–Kier alpha value is -0.0900. The van der Waals surface area contributed by atoms with E-state index in [4.69, 9.17) is 4.78 Å². The van der Waals surface area contributed by atoms with Crippen LogP contribution in [0.15, 0.2) is 0 Å². The van der Waals surface area contributed by atoms with Crippen LogP contribution in [0.1, 0.15) is 20.8 Å². The van der Waals surface area contributed by atoms with Gasteiger partial charge in [-0.05, 0) is 20.8 Å². The summed E-state index contributed by atoms with van der Waals surface area (Å²) in [6.45, 7) is 7.13. The highest BCUT2D eigenvalue weighted by Crippen LogP contribution is 2.23. The van der Waals surface area contributed by atoms with Crippen LogP contribution in [0.5, 0.6) is 0 Å². The zero-order valence-electron chi connectivity index (χ0n) is 7.31. The van der Waals surface area contributed by atoms with Gasteiger partial charge < -0.3 is 5.32 Å². The van der Waals surface area contributed by atoms with Gasteiger partial charge in [-0.25, -0.2) is 4.21 Å². The Labute approximate surface area is 68.5 Å². The predicted molar refractivity (Wildman–Crippen MR) is 47.3 cm³/mol. The van der Waals surface area contributed by atoms with Crippen molar-refractivity contribution < 1.29 is 4.21 Å². The summed E-state index contributed by atoms with van der Waals surface area (Å²) in [5.41, 5.74) is 0. The van der Waals surface area contributed by atoms with Crippen molar-refractivity contribution in [1.29, 1.82) is 4.78 Å². The molecule has 66 valence electrons. The summed E-state index contributed by atoms with van der Waals surface area (Å²) < 4.78 is 19.2. The summed E-state index contributed by atoms with van der Waals surface area (Å²) in [6, 6.07) is 0. The average Bonchev–Trinajstić information content (AvgIpc) is 1.53. The second-order valence-corrected chi connectivity index (χ2v) is 7.09. The minimum absolute atomic E-state index is 0.0718. The molecular formula is C7H16N2OS. The zero-order valence-corrected chi connectivity index (χ0v) is 8.12. The van der Waals surface area contributed by atoms with Gasteiger partial charge >= 0.3 is 0 Å². The van der Waals surface area contributed by atoms with Gasteiger partial charge in [-0.1, -0.05) is 0 Å². The summed E-state index contributed by atoms with van der Waals surface area (Å²) in [5.74, 6) is 0. The molecule has 4 heteroatoms. The lowest BCUT2D eigenvalue weighted by Crippen LogP contribution is -2.55. The van der Waals surface area contributed by atoms with Crippen LogP contribution in [-0.4, -0.2) is 27.3 Å². The molecule has 1 rings (SSSR count). The van der Waals surface area contributed by atoms with E-state index in [0.29, 0.717) is 0 Å². The maximum atomic E-state index is 11.8. The van der Waals surface area contributed by atoms with Gasteiger partial charge in [0.15, 0.2) is 0 Å². The van der Waals surface area contributed by atoms with Gasteiger partial charge in [0.05, 0.1) is 15.0 Å². The van der Waals surface area contributed by atoms with Crippen LogP contribution in [0, 0.1) is 4.78 Å². The quantitative estimate of drug-likeness (QED) is 0.621. The lowest BCUT2D eigenvalue weighted by atomic mass is 10.2. The molecule has 11 heavy (non-hydrogen) atoms. The molecule has 0 amide bonds. The highest BCUT2D eigenvalue weighted by molar-refractivity contribution is 7.94. The smallest absolute Gasteiger partial charge is 0.0682 e. The summed E-state index contributed by atoms with van der Waals surface area (Å²) >= 11 is 0. The molecule has 0 aromatic carbocycles. The highest BCUT2D eigenvalue weighted by atomic mass is 32.2. The Kier molecular flexibility index (Phi) is 2.01. The molecule has 0 aromatic heterocycles. The Morgan fingerprint density at radius 3 is 2.00 bits per heavy atom. The van der Waals surface area contributed by atoms with Crippen molar-refractivity contribution in [3.05, 3.63) is 0 Å². The molecule has 0 saturated carbocycles. The molecule has 1 saturated heterocycles. The maximum absolute atomic E-state index is 11.8. The van der Waals surface area contributed by atoms with Gasteiger partial charge in [0.1, 0.15) is 0 Å². The van der Waals surface area contributed by atoms with E-state index in [0.717, 1.165) is 13.1 Å². The molecule has 3 nitrogen and oxygen atoms in total. The lowest BCUT2D eigenvalue weighted by molar-refractivity contribution is 0.508. The van der Waals surface area contributed by atoms with E-state index in [2.05, 4.69) is 5.32 Å². The Morgan fingerprint density at radius 2 is 1.91 bits per heavy atom. The van der Waals surface area contributed by atoms with Gasteiger partial charge in [-0.3, -0.25) is 4.78 Å². The third kappa shape index (κ3) is 1.42. The molecule has 0 radical (unpaired) electrons. The molecule has 1 unspecified atom stereocenters. The molecule has 1 aliphatic rings. The van der Waals surface area contributed by atoms with Crippen molar-refractivity contribution in [2.75, 3.05) is 13.1 Å². The third-order valence-corrected chi connectivity index (χ3v) is 5.21. The maximum Gasteiger partial charge on any atom is 0.0682 e. The largest absolute Gasteiger partial charge is 0.314 e. The fraction of sp³-hybridized carbons (Fsp3) is 1.00. The zero-order chi connectivity index (χ0) is 8.70. The number of nitrogens with one attached hydrogen (secondary N) is 2. The van der Waals surface area contributed by atoms with Gasteiger partial charge in [0.2, 0.25) is 0 Å². The molecule has 0 aliphatic carbocycles. The minimum atomic E-state index is -2.40. The third-order valence-electron chi connectivity index (χ3n) is 2.12. The normalized spacial score (nSPS) is 25.7.